The predicted octanol–water partition coefficient (Wildman–Crippen LogP) is 2.88. The van der Waals surface area contributed by atoms with Gasteiger partial charge in [-0.3, -0.25) is 9.59 Å². The maximum Gasteiger partial charge on any atom is 0.258 e. The normalized spacial score (nSPS) is 9.95. The van der Waals surface area contributed by atoms with E-state index in [1.165, 1.54) is 12.5 Å². The first-order chi connectivity index (χ1) is 9.19. The molecule has 2 amide bonds. The second kappa shape index (κ2) is 5.86. The van der Waals surface area contributed by atoms with Crippen molar-refractivity contribution < 1.29 is 14.0 Å². The van der Waals surface area contributed by atoms with Crippen LogP contribution in [0, 0.1) is 0 Å². The van der Waals surface area contributed by atoms with Crippen LogP contribution in [-0.4, -0.2) is 11.8 Å². The van der Waals surface area contributed by atoms with Crippen LogP contribution in [0.25, 0.3) is 0 Å². The van der Waals surface area contributed by atoms with Crippen molar-refractivity contribution >= 4 is 23.2 Å². The Kier molecular flexibility index (Phi) is 3.97. The van der Waals surface area contributed by atoms with E-state index in [2.05, 4.69) is 10.6 Å². The molecule has 0 unspecified atom stereocenters. The lowest BCUT2D eigenvalue weighted by Gasteiger charge is -2.07. The highest BCUT2D eigenvalue weighted by Gasteiger charge is 2.07. The number of furan rings is 1. The summed E-state index contributed by atoms with van der Waals surface area (Å²) in [5.41, 5.74) is 1.71. The Balaban J connectivity index is 2.07. The fraction of sp³-hybridized carbons (Fsp3) is 0.143. The van der Waals surface area contributed by atoms with Crippen molar-refractivity contribution in [3.8, 4) is 0 Å². The summed E-state index contributed by atoms with van der Waals surface area (Å²) < 4.78 is 4.85. The number of carbonyl (C=O) groups is 2. The zero-order valence-corrected chi connectivity index (χ0v) is 10.5. The molecule has 0 fully saturated rings. The Hall–Kier alpha value is -2.56. The zero-order chi connectivity index (χ0) is 13.7. The second-order valence-electron chi connectivity index (χ2n) is 3.95. The van der Waals surface area contributed by atoms with E-state index in [4.69, 9.17) is 4.42 Å². The van der Waals surface area contributed by atoms with Gasteiger partial charge in [-0.25, -0.2) is 0 Å². The van der Waals surface area contributed by atoms with Crippen LogP contribution in [0.15, 0.2) is 47.3 Å². The van der Waals surface area contributed by atoms with Gasteiger partial charge in [0.25, 0.3) is 5.91 Å². The fourth-order valence-corrected chi connectivity index (χ4v) is 1.52. The number of rotatable bonds is 4. The lowest BCUT2D eigenvalue weighted by molar-refractivity contribution is -0.115. The largest absolute Gasteiger partial charge is 0.472 e. The first kappa shape index (κ1) is 12.9. The Bertz CT molecular complexity index is 576. The van der Waals surface area contributed by atoms with Crippen LogP contribution in [0.1, 0.15) is 23.7 Å². The molecule has 2 rings (SSSR count). The zero-order valence-electron chi connectivity index (χ0n) is 10.5. The Labute approximate surface area is 110 Å². The van der Waals surface area contributed by atoms with E-state index >= 15 is 0 Å². The summed E-state index contributed by atoms with van der Waals surface area (Å²) in [6, 6.07) is 8.56. The highest BCUT2D eigenvalue weighted by Crippen LogP contribution is 2.16. The number of hydrogen-bond donors (Lipinski definition) is 2. The molecule has 1 aromatic carbocycles. The molecular weight excluding hydrogens is 244 g/mol. The van der Waals surface area contributed by atoms with Gasteiger partial charge in [-0.05, 0) is 24.3 Å². The maximum absolute atomic E-state index is 11.8. The quantitative estimate of drug-likeness (QED) is 0.885. The Morgan fingerprint density at radius 1 is 1.16 bits per heavy atom. The van der Waals surface area contributed by atoms with Gasteiger partial charge >= 0.3 is 0 Å². The molecule has 1 heterocycles. The molecule has 19 heavy (non-hydrogen) atoms. The van der Waals surface area contributed by atoms with Gasteiger partial charge in [-0.2, -0.15) is 0 Å². The molecule has 0 saturated carbocycles. The summed E-state index contributed by atoms with van der Waals surface area (Å²) in [5, 5.41) is 5.46. The van der Waals surface area contributed by atoms with E-state index in [9.17, 15) is 9.59 Å². The highest BCUT2D eigenvalue weighted by molar-refractivity contribution is 6.04. The molecule has 0 bridgehead atoms. The van der Waals surface area contributed by atoms with Crippen molar-refractivity contribution in [1.29, 1.82) is 0 Å². The number of amides is 2. The molecule has 5 nitrogen and oxygen atoms in total. The minimum atomic E-state index is -0.257. The predicted molar refractivity (Wildman–Crippen MR) is 72.0 cm³/mol. The third-order valence-electron chi connectivity index (χ3n) is 2.51. The molecule has 2 N–H and O–H groups in total. The minimum Gasteiger partial charge on any atom is -0.472 e. The number of carbonyl (C=O) groups excluding carboxylic acids is 2. The molecule has 0 saturated heterocycles. The molecule has 2 aromatic rings. The number of benzene rings is 1. The van der Waals surface area contributed by atoms with Crippen LogP contribution < -0.4 is 10.6 Å². The van der Waals surface area contributed by atoms with Crippen molar-refractivity contribution in [3.63, 3.8) is 0 Å². The molecule has 1 aromatic heterocycles. The van der Waals surface area contributed by atoms with E-state index < -0.39 is 0 Å². The smallest absolute Gasteiger partial charge is 0.258 e. The van der Waals surface area contributed by atoms with Gasteiger partial charge in [-0.15, -0.1) is 0 Å². The topological polar surface area (TPSA) is 71.3 Å². The van der Waals surface area contributed by atoms with Gasteiger partial charge in [0, 0.05) is 17.8 Å². The average molecular weight is 258 g/mol. The molecule has 0 radical (unpaired) electrons. The van der Waals surface area contributed by atoms with E-state index in [-0.39, 0.29) is 11.8 Å². The first-order valence-electron chi connectivity index (χ1n) is 5.92. The van der Waals surface area contributed by atoms with Crippen LogP contribution in [0.5, 0.6) is 0 Å². The van der Waals surface area contributed by atoms with Crippen molar-refractivity contribution in [2.24, 2.45) is 0 Å². The molecule has 5 heteroatoms. The summed E-state index contributed by atoms with van der Waals surface area (Å²) in [6.07, 6.45) is 3.22. The van der Waals surface area contributed by atoms with Gasteiger partial charge < -0.3 is 15.1 Å². The molecule has 98 valence electrons. The Morgan fingerprint density at radius 2 is 1.89 bits per heavy atom. The van der Waals surface area contributed by atoms with Crippen molar-refractivity contribution in [3.05, 3.63) is 48.4 Å². The lowest BCUT2D eigenvalue weighted by Crippen LogP contribution is -2.12. The SMILES string of the molecule is CCC(=O)Nc1cccc(NC(=O)c2ccoc2)c1. The van der Waals surface area contributed by atoms with Gasteiger partial charge in [0.05, 0.1) is 11.8 Å². The summed E-state index contributed by atoms with van der Waals surface area (Å²) in [6.45, 7) is 1.78. The minimum absolute atomic E-state index is 0.0710. The molecular formula is C14H14N2O3. The van der Waals surface area contributed by atoms with Crippen LogP contribution in [0.2, 0.25) is 0 Å². The molecule has 0 aliphatic rings. The molecule has 0 aliphatic heterocycles. The maximum atomic E-state index is 11.8. The van der Waals surface area contributed by atoms with Crippen LogP contribution in [0.4, 0.5) is 11.4 Å². The second-order valence-corrected chi connectivity index (χ2v) is 3.95. The van der Waals surface area contributed by atoms with E-state index in [1.54, 1.807) is 37.3 Å². The van der Waals surface area contributed by atoms with Gasteiger partial charge in [0.1, 0.15) is 6.26 Å². The summed E-state index contributed by atoms with van der Waals surface area (Å²) in [5.74, 6) is -0.328. The lowest BCUT2D eigenvalue weighted by atomic mass is 10.2. The van der Waals surface area contributed by atoms with Crippen LogP contribution in [0.3, 0.4) is 0 Å². The Morgan fingerprint density at radius 3 is 2.53 bits per heavy atom. The van der Waals surface area contributed by atoms with Crippen molar-refractivity contribution in [1.82, 2.24) is 0 Å². The molecule has 0 aliphatic carbocycles. The summed E-state index contributed by atoms with van der Waals surface area (Å²) in [4.78, 5) is 23.1. The van der Waals surface area contributed by atoms with Crippen LogP contribution >= 0.6 is 0 Å². The number of hydrogen-bond acceptors (Lipinski definition) is 3. The highest BCUT2D eigenvalue weighted by atomic mass is 16.3. The number of anilines is 2. The van der Waals surface area contributed by atoms with Gasteiger partial charge in [0.2, 0.25) is 5.91 Å². The first-order valence-corrected chi connectivity index (χ1v) is 5.92. The van der Waals surface area contributed by atoms with Crippen molar-refractivity contribution in [2.45, 2.75) is 13.3 Å². The van der Waals surface area contributed by atoms with E-state index in [0.29, 0.717) is 23.4 Å². The standard InChI is InChI=1S/C14H14N2O3/c1-2-13(17)15-11-4-3-5-12(8-11)16-14(18)10-6-7-19-9-10/h3-9H,2H2,1H3,(H,15,17)(H,16,18). The third kappa shape index (κ3) is 3.45. The van der Waals surface area contributed by atoms with Crippen LogP contribution in [-0.2, 0) is 4.79 Å². The third-order valence-corrected chi connectivity index (χ3v) is 2.51. The van der Waals surface area contributed by atoms with Gasteiger partial charge in [0.15, 0.2) is 0 Å². The van der Waals surface area contributed by atoms with E-state index in [1.807, 2.05) is 0 Å². The monoisotopic (exact) mass is 258 g/mol. The van der Waals surface area contributed by atoms with Gasteiger partial charge in [-0.1, -0.05) is 13.0 Å². The summed E-state index contributed by atoms with van der Waals surface area (Å²) in [7, 11) is 0. The van der Waals surface area contributed by atoms with Crippen molar-refractivity contribution in [2.75, 3.05) is 10.6 Å². The molecule has 0 spiro atoms. The molecule has 0 atom stereocenters. The number of nitrogens with one attached hydrogen (secondary N) is 2. The summed E-state index contributed by atoms with van der Waals surface area (Å²) >= 11 is 0. The fourth-order valence-electron chi connectivity index (χ4n) is 1.52. The average Bonchev–Trinajstić information content (AvgIpc) is 2.93. The van der Waals surface area contributed by atoms with E-state index in [0.717, 1.165) is 0 Å².